The van der Waals surface area contributed by atoms with Gasteiger partial charge in [-0.3, -0.25) is 0 Å². The van der Waals surface area contributed by atoms with Gasteiger partial charge in [0.25, 0.3) is 0 Å². The minimum atomic E-state index is -1.89. The van der Waals surface area contributed by atoms with Crippen LogP contribution in [0.3, 0.4) is 0 Å². The van der Waals surface area contributed by atoms with Crippen LogP contribution in [0.2, 0.25) is 44.3 Å². The highest BCUT2D eigenvalue weighted by atomic mass is 35.5. The van der Waals surface area contributed by atoms with Gasteiger partial charge in [-0.05, 0) is 73.4 Å². The molecule has 0 atom stereocenters. The van der Waals surface area contributed by atoms with Crippen LogP contribution < -0.4 is 4.57 Å². The van der Waals surface area contributed by atoms with E-state index in [9.17, 15) is 0 Å². The van der Waals surface area contributed by atoms with Gasteiger partial charge in [-0.15, -0.1) is 0 Å². The molecule has 0 saturated heterocycles. The average molecular weight is 538 g/mol. The van der Waals surface area contributed by atoms with Crippen molar-refractivity contribution in [3.8, 4) is 0 Å². The normalized spacial score (nSPS) is 17.8. The minimum absolute atomic E-state index is 0.0328. The van der Waals surface area contributed by atoms with E-state index >= 15 is 0 Å². The second kappa shape index (κ2) is 9.17. The van der Waals surface area contributed by atoms with E-state index in [1.54, 1.807) is 11.1 Å². The van der Waals surface area contributed by atoms with Gasteiger partial charge in [-0.25, -0.2) is 0 Å². The molecule has 0 unspecified atom stereocenters. The summed E-state index contributed by atoms with van der Waals surface area (Å²) in [6, 6.07) is 8.30. The molecule has 0 N–H and O–H groups in total. The molecule has 0 radical (unpaired) electrons. The van der Waals surface area contributed by atoms with Gasteiger partial charge in [0, 0.05) is 10.7 Å². The Morgan fingerprint density at radius 3 is 1.65 bits per heavy atom. The number of anilines is 1. The monoisotopic (exact) mass is 537 g/mol. The lowest BCUT2D eigenvalue weighted by Gasteiger charge is -2.42. The molecule has 0 amide bonds. The Morgan fingerprint density at radius 1 is 0.853 bits per heavy atom. The van der Waals surface area contributed by atoms with Gasteiger partial charge in [0.15, 0.2) is 22.2 Å². The largest absolute Gasteiger partial charge is 0.370 e. The van der Waals surface area contributed by atoms with Crippen LogP contribution in [0.15, 0.2) is 35.4 Å². The van der Waals surface area contributed by atoms with E-state index in [1.165, 1.54) is 8.20 Å². The molecule has 2 nitrogen and oxygen atoms in total. The van der Waals surface area contributed by atoms with Crippen LogP contribution in [0.4, 0.5) is 5.69 Å². The van der Waals surface area contributed by atoms with Crippen molar-refractivity contribution in [1.29, 1.82) is 0 Å². The lowest BCUT2D eigenvalue weighted by Crippen LogP contribution is -2.53. The summed E-state index contributed by atoms with van der Waals surface area (Å²) >= 11 is 6.50. The van der Waals surface area contributed by atoms with Crippen LogP contribution in [-0.2, 0) is 4.43 Å². The van der Waals surface area contributed by atoms with Gasteiger partial charge in [0.1, 0.15) is 0 Å². The van der Waals surface area contributed by atoms with E-state index in [0.29, 0.717) is 0 Å². The maximum Gasteiger partial charge on any atom is 0.193 e. The Morgan fingerprint density at radius 2 is 1.32 bits per heavy atom. The maximum absolute atomic E-state index is 7.05. The summed E-state index contributed by atoms with van der Waals surface area (Å²) in [5.41, 5.74) is 5.75. The van der Waals surface area contributed by atoms with E-state index in [1.807, 2.05) is 6.07 Å². The summed E-state index contributed by atoms with van der Waals surface area (Å²) in [5.74, 6) is 0. The summed E-state index contributed by atoms with van der Waals surface area (Å²) in [4.78, 5) is 0. The van der Waals surface area contributed by atoms with Crippen molar-refractivity contribution in [2.75, 3.05) is 4.57 Å². The van der Waals surface area contributed by atoms with E-state index in [4.69, 9.17) is 16.0 Å². The third-order valence-corrected chi connectivity index (χ3v) is 11.2. The Bertz CT molecular complexity index is 956. The molecule has 0 spiro atoms. The molecular weight excluding hydrogens is 489 g/mol. The van der Waals surface area contributed by atoms with Gasteiger partial charge in [0.05, 0.1) is 5.16 Å². The quantitative estimate of drug-likeness (QED) is 0.203. The van der Waals surface area contributed by atoms with Gasteiger partial charge in [0.2, 0.25) is 0 Å². The Hall–Kier alpha value is -0.386. The second-order valence-electron chi connectivity index (χ2n) is 14.8. The van der Waals surface area contributed by atoms with Crippen molar-refractivity contribution in [2.24, 2.45) is 16.2 Å². The third kappa shape index (κ3) is 6.29. The summed E-state index contributed by atoms with van der Waals surface area (Å²) in [6.07, 6.45) is 0. The average Bonchev–Trinajstić information content (AvgIpc) is 3.23. The number of hydrogen-bond donors (Lipinski definition) is 0. The van der Waals surface area contributed by atoms with Crippen molar-refractivity contribution in [1.82, 2.24) is 0 Å². The number of benzene rings is 1. The van der Waals surface area contributed by atoms with Crippen LogP contribution in [0, 0.1) is 16.2 Å². The van der Waals surface area contributed by atoms with Crippen molar-refractivity contribution in [3.63, 3.8) is 0 Å². The van der Waals surface area contributed by atoms with Gasteiger partial charge >= 0.3 is 0 Å². The van der Waals surface area contributed by atoms with Crippen LogP contribution in [-0.4, -0.2) is 27.3 Å². The van der Waals surface area contributed by atoms with Crippen LogP contribution in [0.1, 0.15) is 62.3 Å². The predicted molar refractivity (Wildman–Crippen MR) is 162 cm³/mol. The first-order valence-electron chi connectivity index (χ1n) is 12.5. The van der Waals surface area contributed by atoms with Gasteiger partial charge < -0.3 is 8.99 Å². The Balaban J connectivity index is 2.92. The SMILES string of the molecule is CC(C)(C)C1=C(C(C)(C)C)C1(P=C(O[Si](C)(C)C)N(c1cccc(Cl)c1)[Si](C)(C)C)C(C)(C)C. The van der Waals surface area contributed by atoms with E-state index in [2.05, 4.69) is 124 Å². The molecule has 1 aliphatic rings. The highest BCUT2D eigenvalue weighted by Gasteiger charge is 2.65. The fraction of sp³-hybridized carbons (Fsp3) is 0.679. The molecule has 0 fully saturated rings. The zero-order valence-electron chi connectivity index (χ0n) is 24.5. The topological polar surface area (TPSA) is 12.5 Å². The van der Waals surface area contributed by atoms with E-state index < -0.39 is 16.6 Å². The van der Waals surface area contributed by atoms with Crippen LogP contribution >= 0.6 is 19.8 Å². The maximum atomic E-state index is 7.05. The van der Waals surface area contributed by atoms with Crippen molar-refractivity contribution in [2.45, 2.75) is 107 Å². The molecule has 0 bridgehead atoms. The number of halogens is 1. The summed E-state index contributed by atoms with van der Waals surface area (Å²) < 4.78 is 9.58. The number of allylic oxidation sites excluding steroid dienone is 2. The molecule has 0 saturated carbocycles. The summed E-state index contributed by atoms with van der Waals surface area (Å²) in [7, 11) is -2.50. The summed E-state index contributed by atoms with van der Waals surface area (Å²) in [6.45, 7) is 35.6. The zero-order chi connectivity index (χ0) is 26.7. The number of nitrogens with zero attached hydrogens (tertiary/aromatic N) is 1. The van der Waals surface area contributed by atoms with E-state index in [-0.39, 0.29) is 21.4 Å². The van der Waals surface area contributed by atoms with Gasteiger partial charge in [-0.2, -0.15) is 0 Å². The molecule has 0 aromatic heterocycles. The van der Waals surface area contributed by atoms with Crippen molar-refractivity contribution >= 4 is 47.6 Å². The van der Waals surface area contributed by atoms with E-state index in [0.717, 1.165) is 16.3 Å². The second-order valence-corrected chi connectivity index (χ2v) is 25.7. The molecule has 0 aliphatic heterocycles. The smallest absolute Gasteiger partial charge is 0.193 e. The summed E-state index contributed by atoms with van der Waals surface area (Å²) in [5, 5.41) is 0.736. The minimum Gasteiger partial charge on any atom is -0.370 e. The molecular formula is C28H49ClNOPSi2. The molecule has 0 heterocycles. The molecule has 1 aromatic carbocycles. The Kier molecular flexibility index (Phi) is 8.05. The lowest BCUT2D eigenvalue weighted by atomic mass is 9.77. The first-order chi connectivity index (χ1) is 14.9. The highest BCUT2D eigenvalue weighted by Crippen LogP contribution is 2.73. The first-order valence-corrected chi connectivity index (χ1v) is 20.7. The van der Waals surface area contributed by atoms with Crippen molar-refractivity contribution < 1.29 is 4.43 Å². The molecule has 1 aromatic rings. The zero-order valence-corrected chi connectivity index (χ0v) is 28.1. The molecule has 192 valence electrons. The first kappa shape index (κ1) is 29.8. The lowest BCUT2D eigenvalue weighted by molar-refractivity contribution is 0.342. The van der Waals surface area contributed by atoms with Crippen LogP contribution in [0.25, 0.3) is 0 Å². The van der Waals surface area contributed by atoms with Gasteiger partial charge in [-0.1, -0.05) is 99.6 Å². The number of hydrogen-bond acceptors (Lipinski definition) is 1. The van der Waals surface area contributed by atoms with Crippen molar-refractivity contribution in [3.05, 3.63) is 40.4 Å². The molecule has 34 heavy (non-hydrogen) atoms. The van der Waals surface area contributed by atoms with Crippen LogP contribution in [0.5, 0.6) is 0 Å². The number of rotatable bonds is 6. The fourth-order valence-corrected chi connectivity index (χ4v) is 11.5. The fourth-order valence-electron chi connectivity index (χ4n) is 5.07. The third-order valence-electron chi connectivity index (χ3n) is 6.09. The standard InChI is InChI=1S/C28H49ClNOPSi2/c1-25(2,3)22-23(26(4,5)6)28(22,27(7,8)9)32-24(31-34(13,14)15)30(33(10,11)12)21-18-16-17-20(29)19-21/h16-19H,1-15H3. The molecule has 2 rings (SSSR count). The Labute approximate surface area is 219 Å². The highest BCUT2D eigenvalue weighted by molar-refractivity contribution is 7.44. The molecule has 6 heteroatoms. The predicted octanol–water partition coefficient (Wildman–Crippen LogP) is 10.1. The molecule has 1 aliphatic carbocycles.